The molecule has 1 heterocycles. The molecule has 0 aromatic carbocycles. The van der Waals surface area contributed by atoms with Gasteiger partial charge < -0.3 is 9.64 Å². The highest BCUT2D eigenvalue weighted by Crippen LogP contribution is 2.23. The van der Waals surface area contributed by atoms with E-state index >= 15 is 0 Å². The van der Waals surface area contributed by atoms with E-state index in [9.17, 15) is 4.79 Å². The highest BCUT2D eigenvalue weighted by molar-refractivity contribution is 5.78. The van der Waals surface area contributed by atoms with Crippen molar-refractivity contribution >= 4 is 5.91 Å². The Bertz CT molecular complexity index is 289. The van der Waals surface area contributed by atoms with Crippen molar-refractivity contribution in [2.24, 2.45) is 17.0 Å². The maximum Gasteiger partial charge on any atom is 0.228 e. The Balaban J connectivity index is 2.42. The number of hydrogen-bond acceptors (Lipinski definition) is 3. The third-order valence-corrected chi connectivity index (χ3v) is 2.93. The lowest BCUT2D eigenvalue weighted by atomic mass is 9.99. The first-order chi connectivity index (χ1) is 7.69. The number of carbonyl (C=O) groups excluding carboxylic acids is 1. The first-order valence-corrected chi connectivity index (χ1v) is 5.55. The molecule has 16 heavy (non-hydrogen) atoms. The quantitative estimate of drug-likeness (QED) is 0.404. The summed E-state index contributed by atoms with van der Waals surface area (Å²) in [6.07, 6.45) is 0. The normalized spacial score (nSPS) is 24.2. The molecular weight excluding hydrogens is 208 g/mol. The molecule has 0 aliphatic carbocycles. The fourth-order valence-electron chi connectivity index (χ4n) is 1.92. The largest absolute Gasteiger partial charge is 0.381 e. The monoisotopic (exact) mass is 226 g/mol. The van der Waals surface area contributed by atoms with Gasteiger partial charge in [0.25, 0.3) is 0 Å². The minimum atomic E-state index is -0.0938. The Hall–Kier alpha value is -1.26. The van der Waals surface area contributed by atoms with Crippen LogP contribution in [0.4, 0.5) is 0 Å². The Morgan fingerprint density at radius 3 is 3.00 bits per heavy atom. The first-order valence-electron chi connectivity index (χ1n) is 5.55. The van der Waals surface area contributed by atoms with Crippen LogP contribution >= 0.6 is 0 Å². The Kier molecular flexibility index (Phi) is 5.08. The molecule has 6 heteroatoms. The summed E-state index contributed by atoms with van der Waals surface area (Å²) in [4.78, 5) is 15.9. The fourth-order valence-corrected chi connectivity index (χ4v) is 1.92. The summed E-state index contributed by atoms with van der Waals surface area (Å²) >= 11 is 0. The first kappa shape index (κ1) is 12.8. The van der Waals surface area contributed by atoms with Gasteiger partial charge in [0.2, 0.25) is 5.91 Å². The second kappa shape index (κ2) is 6.35. The van der Waals surface area contributed by atoms with Crippen molar-refractivity contribution in [2.75, 3.05) is 32.8 Å². The van der Waals surface area contributed by atoms with E-state index in [1.807, 2.05) is 6.92 Å². The topological polar surface area (TPSA) is 78.3 Å². The van der Waals surface area contributed by atoms with Crippen LogP contribution in [0.3, 0.4) is 0 Å². The molecule has 2 atom stereocenters. The van der Waals surface area contributed by atoms with Crippen LogP contribution in [-0.4, -0.2) is 43.7 Å². The maximum absolute atomic E-state index is 11.6. The number of likely N-dealkylation sites (tertiary alicyclic amines) is 1. The van der Waals surface area contributed by atoms with Gasteiger partial charge in [0.1, 0.15) is 6.54 Å². The predicted octanol–water partition coefficient (Wildman–Crippen LogP) is 1.43. The van der Waals surface area contributed by atoms with E-state index in [2.05, 4.69) is 16.9 Å². The third kappa shape index (κ3) is 3.40. The van der Waals surface area contributed by atoms with E-state index in [1.165, 1.54) is 0 Å². The molecular formula is C10H18N4O2. The highest BCUT2D eigenvalue weighted by atomic mass is 16.5. The minimum absolute atomic E-state index is 0.0788. The van der Waals surface area contributed by atoms with Gasteiger partial charge in [-0.05, 0) is 18.4 Å². The van der Waals surface area contributed by atoms with Gasteiger partial charge in [-0.1, -0.05) is 12.0 Å². The number of azide groups is 1. The summed E-state index contributed by atoms with van der Waals surface area (Å²) < 4.78 is 5.38. The van der Waals surface area contributed by atoms with Crippen LogP contribution < -0.4 is 0 Å². The molecule has 0 saturated carbocycles. The van der Waals surface area contributed by atoms with Crippen molar-refractivity contribution in [3.05, 3.63) is 10.4 Å². The van der Waals surface area contributed by atoms with Crippen molar-refractivity contribution < 1.29 is 9.53 Å². The summed E-state index contributed by atoms with van der Waals surface area (Å²) in [6, 6.07) is 0. The zero-order chi connectivity index (χ0) is 12.0. The van der Waals surface area contributed by atoms with Crippen molar-refractivity contribution in [1.82, 2.24) is 4.90 Å². The number of amides is 1. The lowest BCUT2D eigenvalue weighted by molar-refractivity contribution is -0.128. The number of rotatable bonds is 5. The summed E-state index contributed by atoms with van der Waals surface area (Å²) in [6.45, 7) is 6.84. The zero-order valence-electron chi connectivity index (χ0n) is 9.80. The van der Waals surface area contributed by atoms with Gasteiger partial charge in [-0.25, -0.2) is 0 Å². The Labute approximate surface area is 95.2 Å². The van der Waals surface area contributed by atoms with Crippen molar-refractivity contribution in [1.29, 1.82) is 0 Å². The Morgan fingerprint density at radius 2 is 2.38 bits per heavy atom. The van der Waals surface area contributed by atoms with E-state index in [0.29, 0.717) is 31.6 Å². The summed E-state index contributed by atoms with van der Waals surface area (Å²) in [5, 5.41) is 3.29. The van der Waals surface area contributed by atoms with Gasteiger partial charge in [0.05, 0.1) is 6.61 Å². The molecule has 0 radical (unpaired) electrons. The van der Waals surface area contributed by atoms with E-state index in [1.54, 1.807) is 4.90 Å². The molecule has 1 amide bonds. The molecule has 1 saturated heterocycles. The molecule has 0 bridgehead atoms. The standard InChI is InChI=1S/C10H18N4O2/c1-3-16-7-9-6-14(5-8(9)2)10(15)4-12-13-11/h8-9H,3-7H2,1-2H3/t8-,9+/m0/s1. The van der Waals surface area contributed by atoms with Crippen LogP contribution in [-0.2, 0) is 9.53 Å². The minimum Gasteiger partial charge on any atom is -0.381 e. The van der Waals surface area contributed by atoms with Gasteiger partial charge in [-0.15, -0.1) is 0 Å². The lowest BCUT2D eigenvalue weighted by Gasteiger charge is -2.15. The van der Waals surface area contributed by atoms with Crippen LogP contribution in [0.1, 0.15) is 13.8 Å². The van der Waals surface area contributed by atoms with Crippen LogP contribution in [0.15, 0.2) is 5.11 Å². The van der Waals surface area contributed by atoms with Crippen LogP contribution in [0.2, 0.25) is 0 Å². The Morgan fingerprint density at radius 1 is 1.62 bits per heavy atom. The second-order valence-electron chi connectivity index (χ2n) is 4.08. The average Bonchev–Trinajstić information content (AvgIpc) is 2.65. The van der Waals surface area contributed by atoms with E-state index in [4.69, 9.17) is 10.3 Å². The molecule has 1 aliphatic heterocycles. The molecule has 0 aromatic rings. The second-order valence-corrected chi connectivity index (χ2v) is 4.08. The van der Waals surface area contributed by atoms with E-state index in [0.717, 1.165) is 6.54 Å². The van der Waals surface area contributed by atoms with Crippen molar-refractivity contribution in [3.8, 4) is 0 Å². The third-order valence-electron chi connectivity index (χ3n) is 2.93. The smallest absolute Gasteiger partial charge is 0.228 e. The summed E-state index contributed by atoms with van der Waals surface area (Å²) in [5.41, 5.74) is 8.15. The van der Waals surface area contributed by atoms with Gasteiger partial charge in [-0.2, -0.15) is 0 Å². The van der Waals surface area contributed by atoms with Gasteiger partial charge in [-0.3, -0.25) is 4.79 Å². The fraction of sp³-hybridized carbons (Fsp3) is 0.900. The van der Waals surface area contributed by atoms with Crippen molar-refractivity contribution in [2.45, 2.75) is 13.8 Å². The number of ether oxygens (including phenoxy) is 1. The van der Waals surface area contributed by atoms with E-state index in [-0.39, 0.29) is 12.5 Å². The summed E-state index contributed by atoms with van der Waals surface area (Å²) in [7, 11) is 0. The highest BCUT2D eigenvalue weighted by Gasteiger charge is 2.31. The SMILES string of the molecule is CCOC[C@H]1CN(C(=O)CN=[N+]=[N-])C[C@@H]1C. The van der Waals surface area contributed by atoms with E-state index < -0.39 is 0 Å². The van der Waals surface area contributed by atoms with Crippen LogP contribution in [0.5, 0.6) is 0 Å². The molecule has 0 unspecified atom stereocenters. The molecule has 0 aromatic heterocycles. The van der Waals surface area contributed by atoms with Crippen molar-refractivity contribution in [3.63, 3.8) is 0 Å². The van der Waals surface area contributed by atoms with Gasteiger partial charge in [0.15, 0.2) is 0 Å². The molecule has 1 fully saturated rings. The lowest BCUT2D eigenvalue weighted by Crippen LogP contribution is -2.31. The average molecular weight is 226 g/mol. The van der Waals surface area contributed by atoms with Crippen LogP contribution in [0.25, 0.3) is 10.4 Å². The zero-order valence-corrected chi connectivity index (χ0v) is 9.80. The number of nitrogens with zero attached hydrogens (tertiary/aromatic N) is 4. The molecule has 6 nitrogen and oxygen atoms in total. The van der Waals surface area contributed by atoms with Gasteiger partial charge >= 0.3 is 0 Å². The number of carbonyl (C=O) groups is 1. The molecule has 1 rings (SSSR count). The molecule has 90 valence electrons. The molecule has 1 aliphatic rings. The maximum atomic E-state index is 11.6. The van der Waals surface area contributed by atoms with Gasteiger partial charge in [0, 0.05) is 30.5 Å². The molecule has 0 N–H and O–H groups in total. The predicted molar refractivity (Wildman–Crippen MR) is 59.7 cm³/mol. The molecule has 0 spiro atoms. The summed E-state index contributed by atoms with van der Waals surface area (Å²) in [5.74, 6) is 0.750. The van der Waals surface area contributed by atoms with Crippen LogP contribution in [0, 0.1) is 11.8 Å². The number of hydrogen-bond donors (Lipinski definition) is 0.